The summed E-state index contributed by atoms with van der Waals surface area (Å²) >= 11 is 0. The molecule has 0 radical (unpaired) electrons. The first kappa shape index (κ1) is 18.4. The molecule has 0 saturated carbocycles. The lowest BCUT2D eigenvalue weighted by atomic mass is 9.84. The third kappa shape index (κ3) is 4.76. The molecule has 1 aromatic carbocycles. The van der Waals surface area contributed by atoms with Gasteiger partial charge in [-0.25, -0.2) is 0 Å². The molecule has 132 valence electrons. The summed E-state index contributed by atoms with van der Waals surface area (Å²) in [5, 5.41) is 12.7. The minimum atomic E-state index is 0.0205. The van der Waals surface area contributed by atoms with Gasteiger partial charge in [-0.1, -0.05) is 31.6 Å². The summed E-state index contributed by atoms with van der Waals surface area (Å²) in [6.07, 6.45) is 8.06. The van der Waals surface area contributed by atoms with Crippen LogP contribution in [0.15, 0.2) is 29.8 Å². The Bertz CT molecular complexity index is 591. The van der Waals surface area contributed by atoms with E-state index in [4.69, 9.17) is 4.74 Å². The number of hydrogen-bond donors (Lipinski definition) is 2. The monoisotopic (exact) mass is 331 g/mol. The molecule has 1 unspecified atom stereocenters. The molecular formula is C20H29NO3. The first-order valence-electron chi connectivity index (χ1n) is 8.91. The molecule has 0 aromatic heterocycles. The van der Waals surface area contributed by atoms with Gasteiger partial charge in [0.2, 0.25) is 5.91 Å². The molecule has 1 amide bonds. The quantitative estimate of drug-likeness (QED) is 0.743. The summed E-state index contributed by atoms with van der Waals surface area (Å²) in [5.41, 5.74) is 2.40. The van der Waals surface area contributed by atoms with Crippen LogP contribution in [0.1, 0.15) is 51.5 Å². The summed E-state index contributed by atoms with van der Waals surface area (Å²) in [5.74, 6) is 1.21. The van der Waals surface area contributed by atoms with E-state index < -0.39 is 0 Å². The molecule has 2 N–H and O–H groups in total. The maximum Gasteiger partial charge on any atom is 0.224 e. The Kier molecular flexibility index (Phi) is 6.71. The fourth-order valence-electron chi connectivity index (χ4n) is 3.47. The number of ether oxygens (including phenoxy) is 1. The van der Waals surface area contributed by atoms with Crippen molar-refractivity contribution in [3.63, 3.8) is 0 Å². The summed E-state index contributed by atoms with van der Waals surface area (Å²) in [7, 11) is 1.50. The fraction of sp³-hybridized carbons (Fsp3) is 0.550. The molecule has 4 heteroatoms. The van der Waals surface area contributed by atoms with Crippen LogP contribution >= 0.6 is 0 Å². The molecule has 0 spiro atoms. The molecule has 0 saturated heterocycles. The van der Waals surface area contributed by atoms with Gasteiger partial charge in [0.25, 0.3) is 0 Å². The number of carbonyl (C=O) groups is 1. The normalized spacial score (nSPS) is 17.5. The number of amides is 1. The summed E-state index contributed by atoms with van der Waals surface area (Å²) in [6, 6.07) is 5.26. The van der Waals surface area contributed by atoms with Gasteiger partial charge in [0.05, 0.1) is 13.5 Å². The smallest absolute Gasteiger partial charge is 0.224 e. The maximum atomic E-state index is 12.3. The van der Waals surface area contributed by atoms with E-state index in [-0.39, 0.29) is 17.7 Å². The number of benzene rings is 1. The molecule has 1 aromatic rings. The predicted octanol–water partition coefficient (Wildman–Crippen LogP) is 3.97. The van der Waals surface area contributed by atoms with E-state index in [0.29, 0.717) is 18.1 Å². The van der Waals surface area contributed by atoms with E-state index >= 15 is 0 Å². The van der Waals surface area contributed by atoms with Crippen molar-refractivity contribution >= 4 is 5.91 Å². The van der Waals surface area contributed by atoms with E-state index in [9.17, 15) is 9.90 Å². The Balaban J connectivity index is 1.88. The summed E-state index contributed by atoms with van der Waals surface area (Å²) in [4.78, 5) is 12.3. The Labute approximate surface area is 144 Å². The molecule has 24 heavy (non-hydrogen) atoms. The van der Waals surface area contributed by atoms with Crippen LogP contribution in [0.25, 0.3) is 0 Å². The van der Waals surface area contributed by atoms with Crippen molar-refractivity contribution in [3.05, 3.63) is 35.4 Å². The van der Waals surface area contributed by atoms with Crippen molar-refractivity contribution in [3.8, 4) is 11.5 Å². The van der Waals surface area contributed by atoms with E-state index in [1.165, 1.54) is 20.0 Å². The topological polar surface area (TPSA) is 58.6 Å². The third-order valence-electron chi connectivity index (χ3n) is 4.93. The Morgan fingerprint density at radius 3 is 2.71 bits per heavy atom. The van der Waals surface area contributed by atoms with Crippen molar-refractivity contribution in [1.29, 1.82) is 0 Å². The number of hydrogen-bond acceptors (Lipinski definition) is 3. The largest absolute Gasteiger partial charge is 0.504 e. The van der Waals surface area contributed by atoms with E-state index in [2.05, 4.69) is 25.2 Å². The minimum absolute atomic E-state index is 0.0205. The molecule has 2 rings (SSSR count). The van der Waals surface area contributed by atoms with Crippen LogP contribution in [0.2, 0.25) is 0 Å². The van der Waals surface area contributed by atoms with Gasteiger partial charge in [-0.05, 0) is 55.7 Å². The lowest BCUT2D eigenvalue weighted by Crippen LogP contribution is -2.37. The number of methoxy groups -OCH3 is 1. The van der Waals surface area contributed by atoms with E-state index in [1.807, 2.05) is 0 Å². The van der Waals surface area contributed by atoms with Crippen LogP contribution in [-0.2, 0) is 11.2 Å². The third-order valence-corrected chi connectivity index (χ3v) is 4.93. The van der Waals surface area contributed by atoms with E-state index in [1.54, 1.807) is 23.8 Å². The molecule has 4 nitrogen and oxygen atoms in total. The lowest BCUT2D eigenvalue weighted by Gasteiger charge is -2.27. The van der Waals surface area contributed by atoms with Gasteiger partial charge < -0.3 is 15.2 Å². The zero-order valence-electron chi connectivity index (χ0n) is 15.0. The number of phenolic OH excluding ortho intramolecular Hbond substituents is 1. The second kappa shape index (κ2) is 8.76. The van der Waals surface area contributed by atoms with Gasteiger partial charge in [-0.2, -0.15) is 0 Å². The molecule has 1 atom stereocenters. The standard InChI is InChI=1S/C20H29NO3/c1-4-15(5-2)16-7-9-17(10-8-16)21-20(23)13-14-6-11-18(22)19(12-14)24-3/h6-7,11-12,15,17,22H,4-5,8-10,13H2,1-3H3,(H,21,23). The van der Waals surface area contributed by atoms with Gasteiger partial charge in [-0.3, -0.25) is 4.79 Å². The van der Waals surface area contributed by atoms with Crippen LogP contribution in [0.4, 0.5) is 0 Å². The number of aromatic hydroxyl groups is 1. The summed E-state index contributed by atoms with van der Waals surface area (Å²) < 4.78 is 5.08. The second-order valence-corrected chi connectivity index (χ2v) is 6.51. The number of carbonyl (C=O) groups excluding carboxylic acids is 1. The van der Waals surface area contributed by atoms with Gasteiger partial charge in [0, 0.05) is 6.04 Å². The van der Waals surface area contributed by atoms with Crippen LogP contribution in [0.3, 0.4) is 0 Å². The fourth-order valence-corrected chi connectivity index (χ4v) is 3.47. The SMILES string of the molecule is CCC(CC)C1=CCC(NC(=O)Cc2ccc(O)c(OC)c2)CC1. The van der Waals surface area contributed by atoms with Gasteiger partial charge in [0.15, 0.2) is 11.5 Å². The molecule has 0 heterocycles. The second-order valence-electron chi connectivity index (χ2n) is 6.51. The highest BCUT2D eigenvalue weighted by atomic mass is 16.5. The molecule has 1 aliphatic carbocycles. The van der Waals surface area contributed by atoms with Crippen LogP contribution < -0.4 is 10.1 Å². The molecule has 0 fully saturated rings. The molecular weight excluding hydrogens is 302 g/mol. The van der Waals surface area contributed by atoms with Gasteiger partial charge >= 0.3 is 0 Å². The maximum absolute atomic E-state index is 12.3. The van der Waals surface area contributed by atoms with Gasteiger partial charge in [-0.15, -0.1) is 0 Å². The lowest BCUT2D eigenvalue weighted by molar-refractivity contribution is -0.121. The minimum Gasteiger partial charge on any atom is -0.504 e. The molecule has 1 aliphatic rings. The van der Waals surface area contributed by atoms with Crippen molar-refractivity contribution in [1.82, 2.24) is 5.32 Å². The molecule has 0 bridgehead atoms. The first-order chi connectivity index (χ1) is 11.6. The van der Waals surface area contributed by atoms with Crippen LogP contribution in [0.5, 0.6) is 11.5 Å². The average molecular weight is 331 g/mol. The Hall–Kier alpha value is -1.97. The Morgan fingerprint density at radius 2 is 2.12 bits per heavy atom. The molecule has 0 aliphatic heterocycles. The number of nitrogens with one attached hydrogen (secondary N) is 1. The van der Waals surface area contributed by atoms with E-state index in [0.717, 1.165) is 24.8 Å². The highest BCUT2D eigenvalue weighted by Crippen LogP contribution is 2.29. The zero-order chi connectivity index (χ0) is 17.5. The zero-order valence-corrected chi connectivity index (χ0v) is 15.0. The number of allylic oxidation sites excluding steroid dienone is 1. The average Bonchev–Trinajstić information content (AvgIpc) is 2.59. The van der Waals surface area contributed by atoms with Crippen molar-refractivity contribution in [2.45, 2.75) is 58.4 Å². The van der Waals surface area contributed by atoms with Gasteiger partial charge in [0.1, 0.15) is 0 Å². The Morgan fingerprint density at radius 1 is 1.38 bits per heavy atom. The summed E-state index contributed by atoms with van der Waals surface area (Å²) in [6.45, 7) is 4.49. The highest BCUT2D eigenvalue weighted by molar-refractivity contribution is 5.79. The van der Waals surface area contributed by atoms with Crippen molar-refractivity contribution < 1.29 is 14.6 Å². The van der Waals surface area contributed by atoms with Crippen molar-refractivity contribution in [2.75, 3.05) is 7.11 Å². The number of phenols is 1. The number of rotatable bonds is 7. The highest BCUT2D eigenvalue weighted by Gasteiger charge is 2.20. The first-order valence-corrected chi connectivity index (χ1v) is 8.91. The van der Waals surface area contributed by atoms with Crippen LogP contribution in [0, 0.1) is 5.92 Å². The van der Waals surface area contributed by atoms with Crippen LogP contribution in [-0.4, -0.2) is 24.2 Å². The van der Waals surface area contributed by atoms with Crippen molar-refractivity contribution in [2.24, 2.45) is 5.92 Å². The predicted molar refractivity (Wildman–Crippen MR) is 96.3 cm³/mol.